The lowest BCUT2D eigenvalue weighted by atomic mass is 10.00. The topological polar surface area (TPSA) is 96.5 Å². The van der Waals surface area contributed by atoms with Crippen LogP contribution in [0.25, 0.3) is 11.3 Å². The molecule has 25 heavy (non-hydrogen) atoms. The van der Waals surface area contributed by atoms with E-state index in [1.807, 2.05) is 13.8 Å². The van der Waals surface area contributed by atoms with Crippen molar-refractivity contribution in [2.75, 3.05) is 20.8 Å². The van der Waals surface area contributed by atoms with E-state index < -0.39 is 0 Å². The van der Waals surface area contributed by atoms with Gasteiger partial charge in [-0.25, -0.2) is 0 Å². The molecule has 7 nitrogen and oxygen atoms in total. The van der Waals surface area contributed by atoms with Crippen molar-refractivity contribution in [3.8, 4) is 22.8 Å². The van der Waals surface area contributed by atoms with Crippen molar-refractivity contribution in [3.63, 3.8) is 0 Å². The quantitative estimate of drug-likeness (QED) is 0.680. The summed E-state index contributed by atoms with van der Waals surface area (Å²) in [7, 11) is 3.16. The monoisotopic (exact) mass is 347 g/mol. The number of methoxy groups -OCH3 is 2. The Morgan fingerprint density at radius 1 is 1.32 bits per heavy atom. The van der Waals surface area contributed by atoms with E-state index >= 15 is 0 Å². The van der Waals surface area contributed by atoms with Crippen LogP contribution in [0.4, 0.5) is 0 Å². The molecule has 0 aliphatic carbocycles. The third-order valence-corrected chi connectivity index (χ3v) is 4.35. The van der Waals surface area contributed by atoms with Crippen LogP contribution in [0.2, 0.25) is 0 Å². The molecule has 1 aromatic heterocycles. The van der Waals surface area contributed by atoms with Crippen molar-refractivity contribution in [3.05, 3.63) is 30.0 Å². The van der Waals surface area contributed by atoms with Crippen LogP contribution in [0.5, 0.6) is 11.5 Å². The second-order valence-corrected chi connectivity index (χ2v) is 5.88. The van der Waals surface area contributed by atoms with Gasteiger partial charge in [0, 0.05) is 5.56 Å². The van der Waals surface area contributed by atoms with E-state index in [9.17, 15) is 9.90 Å². The maximum Gasteiger partial charge on any atom is 0.269 e. The summed E-state index contributed by atoms with van der Waals surface area (Å²) in [5.41, 5.74) is 1.62. The van der Waals surface area contributed by atoms with Crippen LogP contribution >= 0.6 is 0 Å². The van der Waals surface area contributed by atoms with E-state index in [-0.39, 0.29) is 24.5 Å². The fourth-order valence-electron chi connectivity index (χ4n) is 2.49. The Kier molecular flexibility index (Phi) is 6.41. The van der Waals surface area contributed by atoms with E-state index in [1.165, 1.54) is 0 Å². The number of carbonyl (C=O) groups is 1. The largest absolute Gasteiger partial charge is 0.497 e. The molecule has 3 N–H and O–H groups in total. The van der Waals surface area contributed by atoms with Crippen molar-refractivity contribution < 1.29 is 19.4 Å². The van der Waals surface area contributed by atoms with Gasteiger partial charge in [-0.2, -0.15) is 5.10 Å². The number of hydrogen-bond donors (Lipinski definition) is 3. The number of aromatic nitrogens is 2. The summed E-state index contributed by atoms with van der Waals surface area (Å²) < 4.78 is 10.6. The number of ether oxygens (including phenoxy) is 2. The first-order valence-electron chi connectivity index (χ1n) is 8.23. The molecule has 2 atom stereocenters. The van der Waals surface area contributed by atoms with Gasteiger partial charge in [-0.15, -0.1) is 0 Å². The lowest BCUT2D eigenvalue weighted by molar-refractivity contribution is 0.0886. The first-order valence-corrected chi connectivity index (χ1v) is 8.23. The zero-order valence-electron chi connectivity index (χ0n) is 15.0. The highest BCUT2D eigenvalue weighted by Crippen LogP contribution is 2.32. The maximum atomic E-state index is 12.4. The first-order chi connectivity index (χ1) is 12.0. The molecule has 0 aliphatic heterocycles. The Labute approximate surface area is 147 Å². The summed E-state index contributed by atoms with van der Waals surface area (Å²) in [5.74, 6) is 1.17. The summed E-state index contributed by atoms with van der Waals surface area (Å²) in [6.45, 7) is 3.90. The van der Waals surface area contributed by atoms with Gasteiger partial charge in [-0.05, 0) is 30.2 Å². The molecule has 0 fully saturated rings. The Balaban J connectivity index is 2.23. The van der Waals surface area contributed by atoms with Gasteiger partial charge < -0.3 is 19.9 Å². The molecule has 1 aromatic carbocycles. The van der Waals surface area contributed by atoms with E-state index in [1.54, 1.807) is 38.5 Å². The third kappa shape index (κ3) is 4.30. The number of nitrogens with one attached hydrogen (secondary N) is 2. The minimum atomic E-state index is -0.306. The molecule has 1 heterocycles. The molecule has 0 spiro atoms. The van der Waals surface area contributed by atoms with Crippen molar-refractivity contribution in [1.29, 1.82) is 0 Å². The van der Waals surface area contributed by atoms with Gasteiger partial charge in [0.1, 0.15) is 17.2 Å². The number of H-pyrrole nitrogens is 1. The van der Waals surface area contributed by atoms with Crippen molar-refractivity contribution in [2.45, 2.75) is 26.3 Å². The minimum absolute atomic E-state index is 0.106. The number of aromatic amines is 1. The van der Waals surface area contributed by atoms with Crippen molar-refractivity contribution >= 4 is 5.91 Å². The van der Waals surface area contributed by atoms with E-state index in [4.69, 9.17) is 9.47 Å². The van der Waals surface area contributed by atoms with Crippen molar-refractivity contribution in [2.24, 2.45) is 5.92 Å². The number of amides is 1. The molecule has 136 valence electrons. The molecule has 7 heteroatoms. The van der Waals surface area contributed by atoms with Gasteiger partial charge in [0.2, 0.25) is 0 Å². The number of rotatable bonds is 8. The number of nitrogens with zero attached hydrogens (tertiary/aromatic N) is 1. The summed E-state index contributed by atoms with van der Waals surface area (Å²) >= 11 is 0. The molecule has 2 aromatic rings. The van der Waals surface area contributed by atoms with E-state index in [0.717, 1.165) is 12.0 Å². The molecule has 2 rings (SSSR count). The van der Waals surface area contributed by atoms with Crippen LogP contribution in [-0.2, 0) is 0 Å². The smallest absolute Gasteiger partial charge is 0.269 e. The van der Waals surface area contributed by atoms with Crippen LogP contribution in [0.3, 0.4) is 0 Å². The Morgan fingerprint density at radius 3 is 2.68 bits per heavy atom. The fourth-order valence-corrected chi connectivity index (χ4v) is 2.49. The van der Waals surface area contributed by atoms with Crippen LogP contribution < -0.4 is 14.8 Å². The summed E-state index contributed by atoms with van der Waals surface area (Å²) in [6, 6.07) is 6.73. The maximum absolute atomic E-state index is 12.4. The lowest BCUT2D eigenvalue weighted by Gasteiger charge is -2.21. The van der Waals surface area contributed by atoms with Gasteiger partial charge in [-0.3, -0.25) is 9.89 Å². The van der Waals surface area contributed by atoms with Crippen LogP contribution in [0.1, 0.15) is 30.8 Å². The van der Waals surface area contributed by atoms with Gasteiger partial charge in [0.15, 0.2) is 0 Å². The Hall–Kier alpha value is -2.54. The predicted octanol–water partition coefficient (Wildman–Crippen LogP) is 2.23. The number of carbonyl (C=O) groups excluding carboxylic acids is 1. The molecular weight excluding hydrogens is 322 g/mol. The Morgan fingerprint density at radius 2 is 2.08 bits per heavy atom. The Bertz CT molecular complexity index is 714. The normalized spacial score (nSPS) is 13.2. The molecule has 0 saturated heterocycles. The molecular formula is C18H25N3O4. The van der Waals surface area contributed by atoms with E-state index in [0.29, 0.717) is 22.9 Å². The molecule has 0 aliphatic rings. The number of benzene rings is 1. The minimum Gasteiger partial charge on any atom is -0.497 e. The lowest BCUT2D eigenvalue weighted by Crippen LogP contribution is -2.42. The third-order valence-electron chi connectivity index (χ3n) is 4.35. The first kappa shape index (κ1) is 18.8. The molecule has 0 radical (unpaired) electrons. The molecule has 1 amide bonds. The SMILES string of the molecule is CC[C@@H](C)[C@H](CO)NC(=O)c1cc(-c2cc(OC)ccc2OC)n[nH]1. The van der Waals surface area contributed by atoms with Crippen molar-refractivity contribution in [1.82, 2.24) is 15.5 Å². The summed E-state index contributed by atoms with van der Waals surface area (Å²) in [5, 5.41) is 19.2. The number of aliphatic hydroxyl groups excluding tert-OH is 1. The highest BCUT2D eigenvalue weighted by molar-refractivity contribution is 5.93. The zero-order chi connectivity index (χ0) is 18.4. The summed E-state index contributed by atoms with van der Waals surface area (Å²) in [6.07, 6.45) is 0.862. The highest BCUT2D eigenvalue weighted by atomic mass is 16.5. The van der Waals surface area contributed by atoms with Crippen LogP contribution in [0, 0.1) is 5.92 Å². The molecule has 0 bridgehead atoms. The standard InChI is InChI=1S/C18H25N3O4/c1-5-11(2)16(10-22)19-18(23)15-9-14(20-21-15)13-8-12(24-3)6-7-17(13)25-4/h6-9,11,16,22H,5,10H2,1-4H3,(H,19,23)(H,20,21)/t11-,16+/m1/s1. The molecule has 0 unspecified atom stereocenters. The molecule has 0 saturated carbocycles. The number of aliphatic hydroxyl groups is 1. The van der Waals surface area contributed by atoms with Gasteiger partial charge >= 0.3 is 0 Å². The van der Waals surface area contributed by atoms with Gasteiger partial charge in [0.25, 0.3) is 5.91 Å². The van der Waals surface area contributed by atoms with Gasteiger partial charge in [-0.1, -0.05) is 20.3 Å². The van der Waals surface area contributed by atoms with Crippen LogP contribution in [-0.4, -0.2) is 48.1 Å². The van der Waals surface area contributed by atoms with Crippen LogP contribution in [0.15, 0.2) is 24.3 Å². The second-order valence-electron chi connectivity index (χ2n) is 5.88. The fraction of sp³-hybridized carbons (Fsp3) is 0.444. The predicted molar refractivity (Wildman–Crippen MR) is 94.9 cm³/mol. The average Bonchev–Trinajstić information content (AvgIpc) is 3.14. The van der Waals surface area contributed by atoms with Gasteiger partial charge in [0.05, 0.1) is 32.6 Å². The second kappa shape index (κ2) is 8.53. The average molecular weight is 347 g/mol. The number of hydrogen-bond acceptors (Lipinski definition) is 5. The zero-order valence-corrected chi connectivity index (χ0v) is 15.0. The van der Waals surface area contributed by atoms with E-state index in [2.05, 4.69) is 15.5 Å². The summed E-state index contributed by atoms with van der Waals surface area (Å²) in [4.78, 5) is 12.4. The highest BCUT2D eigenvalue weighted by Gasteiger charge is 2.20.